The van der Waals surface area contributed by atoms with E-state index < -0.39 is 23.5 Å². The molecule has 7 heteroatoms. The van der Waals surface area contributed by atoms with Gasteiger partial charge in [0.1, 0.15) is 35.8 Å². The molecule has 2 aliphatic heterocycles. The molecular weight excluding hydrogens is 488 g/mol. The monoisotopic (exact) mass is 521 g/mol. The van der Waals surface area contributed by atoms with Crippen LogP contribution in [0.3, 0.4) is 0 Å². The maximum atomic E-state index is 15.0. The summed E-state index contributed by atoms with van der Waals surface area (Å²) in [6.07, 6.45) is 1.72. The third-order valence-electron chi connectivity index (χ3n) is 7.80. The summed E-state index contributed by atoms with van der Waals surface area (Å²) in [5, 5.41) is 20.1. The lowest BCUT2D eigenvalue weighted by Gasteiger charge is -2.31. The largest absolute Gasteiger partial charge is 0.508 e. The van der Waals surface area contributed by atoms with Crippen LogP contribution in [0.15, 0.2) is 54.6 Å². The van der Waals surface area contributed by atoms with Crippen LogP contribution in [0.25, 0.3) is 11.1 Å². The number of hydrogen-bond donors (Lipinski definition) is 2. The van der Waals surface area contributed by atoms with Gasteiger partial charge in [-0.2, -0.15) is 0 Å². The van der Waals surface area contributed by atoms with Crippen LogP contribution >= 0.6 is 0 Å². The van der Waals surface area contributed by atoms with E-state index in [0.717, 1.165) is 36.4 Å². The second kappa shape index (κ2) is 10.7. The molecule has 5 nitrogen and oxygen atoms in total. The lowest BCUT2D eigenvalue weighted by atomic mass is 9.85. The van der Waals surface area contributed by atoms with Gasteiger partial charge in [-0.25, -0.2) is 8.78 Å². The Morgan fingerprint density at radius 1 is 1.03 bits per heavy atom. The summed E-state index contributed by atoms with van der Waals surface area (Å²) in [4.78, 5) is 2.47. The van der Waals surface area contributed by atoms with Crippen molar-refractivity contribution in [1.29, 1.82) is 0 Å². The zero-order valence-corrected chi connectivity index (χ0v) is 21.9. The van der Waals surface area contributed by atoms with Gasteiger partial charge in [0.15, 0.2) is 11.6 Å². The topological polar surface area (TPSA) is 62.2 Å². The van der Waals surface area contributed by atoms with Gasteiger partial charge in [0.05, 0.1) is 0 Å². The van der Waals surface area contributed by atoms with Crippen molar-refractivity contribution in [3.63, 3.8) is 0 Å². The minimum atomic E-state index is -1.04. The fraction of sp³-hybridized carbons (Fsp3) is 0.355. The SMILES string of the molecule is CC[C@@H]1CCN([C@@H](C)COc2ccc(C3Oc4ccc(O)cc4C(C)=C3c3cc(O)c(F)cc3F)cc2)C1. The van der Waals surface area contributed by atoms with Crippen molar-refractivity contribution < 1.29 is 28.5 Å². The Kier molecular flexibility index (Phi) is 7.30. The summed E-state index contributed by atoms with van der Waals surface area (Å²) in [7, 11) is 0. The van der Waals surface area contributed by atoms with Crippen LogP contribution in [0.2, 0.25) is 0 Å². The van der Waals surface area contributed by atoms with Gasteiger partial charge in [0.2, 0.25) is 0 Å². The average Bonchev–Trinajstić information content (AvgIpc) is 3.40. The first kappa shape index (κ1) is 26.0. The second-order valence-corrected chi connectivity index (χ2v) is 10.3. The van der Waals surface area contributed by atoms with E-state index in [4.69, 9.17) is 9.47 Å². The van der Waals surface area contributed by atoms with Gasteiger partial charge in [-0.1, -0.05) is 25.5 Å². The van der Waals surface area contributed by atoms with E-state index in [2.05, 4.69) is 18.7 Å². The molecule has 0 amide bonds. The van der Waals surface area contributed by atoms with Gasteiger partial charge in [-0.3, -0.25) is 4.90 Å². The van der Waals surface area contributed by atoms with E-state index in [1.165, 1.54) is 18.9 Å². The third-order valence-corrected chi connectivity index (χ3v) is 7.80. The van der Waals surface area contributed by atoms with Crippen LogP contribution in [-0.2, 0) is 0 Å². The van der Waals surface area contributed by atoms with E-state index in [0.29, 0.717) is 41.2 Å². The van der Waals surface area contributed by atoms with Crippen molar-refractivity contribution in [3.8, 4) is 23.0 Å². The highest BCUT2D eigenvalue weighted by Crippen LogP contribution is 2.48. The molecule has 1 unspecified atom stereocenters. The van der Waals surface area contributed by atoms with Crippen LogP contribution < -0.4 is 9.47 Å². The van der Waals surface area contributed by atoms with E-state index in [1.807, 2.05) is 24.3 Å². The Balaban J connectivity index is 1.42. The van der Waals surface area contributed by atoms with E-state index in [1.54, 1.807) is 19.1 Å². The summed E-state index contributed by atoms with van der Waals surface area (Å²) in [6, 6.07) is 14.3. The van der Waals surface area contributed by atoms with Crippen molar-refractivity contribution in [2.24, 2.45) is 5.92 Å². The number of allylic oxidation sites excluding steroid dienone is 1. The minimum absolute atomic E-state index is 0.0329. The molecule has 0 spiro atoms. The molecule has 0 bridgehead atoms. The number of phenols is 2. The molecule has 0 aromatic heterocycles. The second-order valence-electron chi connectivity index (χ2n) is 10.3. The van der Waals surface area contributed by atoms with Gasteiger partial charge < -0.3 is 19.7 Å². The Bertz CT molecular complexity index is 1350. The summed E-state index contributed by atoms with van der Waals surface area (Å²) in [5.74, 6) is -0.435. The summed E-state index contributed by atoms with van der Waals surface area (Å²) < 4.78 is 41.3. The summed E-state index contributed by atoms with van der Waals surface area (Å²) in [5.41, 5.74) is 2.47. The van der Waals surface area contributed by atoms with Crippen LogP contribution in [0.5, 0.6) is 23.0 Å². The standard InChI is InChI=1S/C31H33F2NO4/c1-4-20-11-12-34(16-20)18(2)17-37-23-8-5-21(6-9-23)31-30(25-14-28(36)27(33)15-26(25)32)19(3)24-13-22(35)7-10-29(24)38-31/h5-10,13-15,18,20,31,35-36H,4,11-12,16-17H2,1-3H3/t18-,20+,31?/m0/s1. The minimum Gasteiger partial charge on any atom is -0.508 e. The highest BCUT2D eigenvalue weighted by atomic mass is 19.1. The van der Waals surface area contributed by atoms with Gasteiger partial charge in [-0.05, 0) is 80.3 Å². The highest BCUT2D eigenvalue weighted by Gasteiger charge is 2.32. The van der Waals surface area contributed by atoms with Crippen molar-refractivity contribution in [2.45, 2.75) is 45.8 Å². The maximum absolute atomic E-state index is 15.0. The smallest absolute Gasteiger partial charge is 0.167 e. The maximum Gasteiger partial charge on any atom is 0.167 e. The number of ether oxygens (including phenoxy) is 2. The Hall–Kier alpha value is -3.58. The predicted octanol–water partition coefficient (Wildman–Crippen LogP) is 6.94. The van der Waals surface area contributed by atoms with Gasteiger partial charge in [0.25, 0.3) is 0 Å². The van der Waals surface area contributed by atoms with E-state index in [-0.39, 0.29) is 11.3 Å². The zero-order valence-electron chi connectivity index (χ0n) is 21.9. The molecule has 2 heterocycles. The van der Waals surface area contributed by atoms with Crippen LogP contribution in [0, 0.1) is 17.6 Å². The Morgan fingerprint density at radius 3 is 2.50 bits per heavy atom. The number of hydrogen-bond acceptors (Lipinski definition) is 5. The fourth-order valence-corrected chi connectivity index (χ4v) is 5.42. The van der Waals surface area contributed by atoms with Gasteiger partial charge in [0, 0.05) is 35.4 Å². The van der Waals surface area contributed by atoms with Crippen molar-refractivity contribution in [2.75, 3.05) is 19.7 Å². The van der Waals surface area contributed by atoms with Crippen LogP contribution in [-0.4, -0.2) is 40.9 Å². The molecule has 1 fully saturated rings. The first-order chi connectivity index (χ1) is 18.2. The number of phenolic OH excluding ortho intramolecular Hbond substituents is 2. The lowest BCUT2D eigenvalue weighted by Crippen LogP contribution is -2.35. The molecule has 1 saturated heterocycles. The number of halogens is 2. The molecule has 3 aromatic rings. The molecule has 0 radical (unpaired) electrons. The molecule has 0 saturated carbocycles. The third kappa shape index (κ3) is 5.07. The average molecular weight is 522 g/mol. The molecule has 2 aliphatic rings. The quantitative estimate of drug-likeness (QED) is 0.353. The first-order valence-corrected chi connectivity index (χ1v) is 13.1. The summed E-state index contributed by atoms with van der Waals surface area (Å²) >= 11 is 0. The van der Waals surface area contributed by atoms with Gasteiger partial charge in [-0.15, -0.1) is 0 Å². The highest BCUT2D eigenvalue weighted by molar-refractivity contribution is 5.96. The van der Waals surface area contributed by atoms with Crippen LogP contribution in [0.4, 0.5) is 8.78 Å². The number of rotatable bonds is 7. The Morgan fingerprint density at radius 2 is 1.79 bits per heavy atom. The normalized spacial score (nSPS) is 20.2. The number of likely N-dealkylation sites (tertiary alicyclic amines) is 1. The molecule has 2 N–H and O–H groups in total. The van der Waals surface area contributed by atoms with Crippen molar-refractivity contribution in [3.05, 3.63) is 82.9 Å². The molecule has 0 aliphatic carbocycles. The Labute approximate surface area is 221 Å². The van der Waals surface area contributed by atoms with Crippen molar-refractivity contribution in [1.82, 2.24) is 4.90 Å². The molecule has 38 heavy (non-hydrogen) atoms. The lowest BCUT2D eigenvalue weighted by molar-refractivity contribution is 0.168. The zero-order chi connectivity index (χ0) is 27.0. The first-order valence-electron chi connectivity index (χ1n) is 13.1. The summed E-state index contributed by atoms with van der Waals surface area (Å²) in [6.45, 7) is 9.02. The number of fused-ring (bicyclic) bond motifs is 1. The molecule has 3 atom stereocenters. The number of benzene rings is 3. The molecule has 200 valence electrons. The molecule has 5 rings (SSSR count). The molecular formula is C31H33F2NO4. The predicted molar refractivity (Wildman–Crippen MR) is 143 cm³/mol. The number of nitrogens with zero attached hydrogens (tertiary/aromatic N) is 1. The molecule has 3 aromatic carbocycles. The number of aromatic hydroxyl groups is 2. The van der Waals surface area contributed by atoms with Gasteiger partial charge >= 0.3 is 0 Å². The van der Waals surface area contributed by atoms with Crippen LogP contribution in [0.1, 0.15) is 56.4 Å². The van der Waals surface area contributed by atoms with Crippen molar-refractivity contribution >= 4 is 11.1 Å². The fourth-order valence-electron chi connectivity index (χ4n) is 5.42. The van der Waals surface area contributed by atoms with E-state index >= 15 is 4.39 Å². The van der Waals surface area contributed by atoms with E-state index in [9.17, 15) is 14.6 Å².